The summed E-state index contributed by atoms with van der Waals surface area (Å²) in [7, 11) is 0. The van der Waals surface area contributed by atoms with Crippen LogP contribution in [0.5, 0.6) is 17.4 Å². The number of carbonyl (C=O) groups excluding carboxylic acids is 1. The lowest BCUT2D eigenvalue weighted by Gasteiger charge is -2.58. The number of hydrogen-bond donors (Lipinski definition) is 1. The molecule has 246 valence electrons. The quantitative estimate of drug-likeness (QED) is 0.339. The van der Waals surface area contributed by atoms with E-state index in [1.54, 1.807) is 13.8 Å². The van der Waals surface area contributed by atoms with Gasteiger partial charge in [0.05, 0.1) is 5.56 Å². The summed E-state index contributed by atoms with van der Waals surface area (Å²) in [6.07, 6.45) is 5.13. The van der Waals surface area contributed by atoms with Crippen molar-refractivity contribution in [2.75, 3.05) is 24.5 Å². The summed E-state index contributed by atoms with van der Waals surface area (Å²) in [6.45, 7) is 10.6. The summed E-state index contributed by atoms with van der Waals surface area (Å²) in [6, 6.07) is 4.51. The average molecular weight is 640 g/mol. The van der Waals surface area contributed by atoms with Crippen molar-refractivity contribution in [3.63, 3.8) is 0 Å². The molecule has 2 saturated carbocycles. The van der Waals surface area contributed by atoms with E-state index in [0.717, 1.165) is 68.5 Å². The third kappa shape index (κ3) is 6.21. The first-order valence-electron chi connectivity index (χ1n) is 16.0. The molecule has 10 nitrogen and oxygen atoms in total. The Hall–Kier alpha value is -4.00. The van der Waals surface area contributed by atoms with Gasteiger partial charge in [0.15, 0.2) is 5.82 Å². The van der Waals surface area contributed by atoms with Crippen LogP contribution in [0.15, 0.2) is 36.8 Å². The fraction of sp³-hybridized carbons (Fsp3) is 0.545. The van der Waals surface area contributed by atoms with Gasteiger partial charge in [-0.1, -0.05) is 13.8 Å². The minimum Gasteiger partial charge on any atom is -0.490 e. The largest absolute Gasteiger partial charge is 0.490 e. The van der Waals surface area contributed by atoms with Gasteiger partial charge in [-0.25, -0.2) is 18.2 Å². The smallest absolute Gasteiger partial charge is 0.282 e. The number of hydrogen-bond acceptors (Lipinski definition) is 9. The molecule has 1 aromatic carbocycles. The second kappa shape index (κ2) is 12.7. The third-order valence-electron chi connectivity index (χ3n) is 9.11. The Morgan fingerprint density at radius 2 is 1.85 bits per heavy atom. The minimum absolute atomic E-state index is 0.0548. The van der Waals surface area contributed by atoms with E-state index in [1.165, 1.54) is 23.4 Å². The van der Waals surface area contributed by atoms with Crippen molar-refractivity contribution in [2.45, 2.75) is 90.5 Å². The van der Waals surface area contributed by atoms with Crippen LogP contribution < -0.4 is 19.7 Å². The van der Waals surface area contributed by atoms with Crippen molar-refractivity contribution in [1.29, 1.82) is 0 Å². The van der Waals surface area contributed by atoms with Crippen molar-refractivity contribution in [1.82, 2.24) is 30.4 Å². The Morgan fingerprint density at radius 1 is 1.09 bits per heavy atom. The second-order valence-corrected chi connectivity index (χ2v) is 12.7. The van der Waals surface area contributed by atoms with Gasteiger partial charge in [-0.15, -0.1) is 10.2 Å². The van der Waals surface area contributed by atoms with Gasteiger partial charge < -0.3 is 24.6 Å². The van der Waals surface area contributed by atoms with Crippen molar-refractivity contribution in [3.05, 3.63) is 59.4 Å². The number of carbonyl (C=O) groups is 1. The number of anilines is 1. The second-order valence-electron chi connectivity index (χ2n) is 12.7. The summed E-state index contributed by atoms with van der Waals surface area (Å²) in [4.78, 5) is 25.9. The monoisotopic (exact) mass is 639 g/mol. The minimum atomic E-state index is -2.81. The molecule has 0 atom stereocenters. The Bertz CT molecular complexity index is 1570. The van der Waals surface area contributed by atoms with Crippen molar-refractivity contribution >= 4 is 11.7 Å². The first-order valence-corrected chi connectivity index (χ1v) is 16.0. The van der Waals surface area contributed by atoms with Gasteiger partial charge in [-0.05, 0) is 51.0 Å². The molecule has 1 spiro atoms. The lowest BCUT2D eigenvalue weighted by molar-refractivity contribution is -0.120. The van der Waals surface area contributed by atoms with E-state index in [-0.39, 0.29) is 34.8 Å². The molecule has 13 heteroatoms. The fourth-order valence-electron chi connectivity index (χ4n) is 6.98. The zero-order chi connectivity index (χ0) is 32.6. The Morgan fingerprint density at radius 3 is 2.57 bits per heavy atom. The van der Waals surface area contributed by atoms with Crippen molar-refractivity contribution < 1.29 is 27.4 Å². The predicted molar refractivity (Wildman–Crippen MR) is 165 cm³/mol. The normalized spacial score (nSPS) is 19.6. The van der Waals surface area contributed by atoms with Crippen LogP contribution in [0.1, 0.15) is 75.0 Å². The van der Waals surface area contributed by atoms with Gasteiger partial charge in [0.1, 0.15) is 29.7 Å². The Kier molecular flexibility index (Phi) is 8.79. The molecular weight excluding hydrogens is 599 g/mol. The highest BCUT2D eigenvalue weighted by atomic mass is 19.3. The van der Waals surface area contributed by atoms with Crippen molar-refractivity contribution in [2.24, 2.45) is 5.41 Å². The molecule has 2 aromatic heterocycles. The van der Waals surface area contributed by atoms with Crippen LogP contribution in [0.4, 0.5) is 19.0 Å². The maximum atomic E-state index is 14.4. The van der Waals surface area contributed by atoms with E-state index in [4.69, 9.17) is 9.47 Å². The molecule has 3 aromatic rings. The number of amides is 1. The number of nitrogens with one attached hydrogen (secondary N) is 1. The number of pyridine rings is 1. The van der Waals surface area contributed by atoms with E-state index >= 15 is 0 Å². The summed E-state index contributed by atoms with van der Waals surface area (Å²) >= 11 is 0. The number of rotatable bonds is 8. The van der Waals surface area contributed by atoms with Crippen molar-refractivity contribution in [3.8, 4) is 17.4 Å². The lowest BCUT2D eigenvalue weighted by atomic mass is 9.61. The molecule has 0 bridgehead atoms. The summed E-state index contributed by atoms with van der Waals surface area (Å²) in [5, 5.41) is 11.4. The number of ether oxygens (including phenoxy) is 2. The summed E-state index contributed by atoms with van der Waals surface area (Å²) < 4.78 is 54.2. The van der Waals surface area contributed by atoms with Gasteiger partial charge in [-0.3, -0.25) is 9.78 Å². The van der Waals surface area contributed by atoms with E-state index in [9.17, 15) is 18.0 Å². The highest BCUT2D eigenvalue weighted by Crippen LogP contribution is 2.52. The molecule has 3 fully saturated rings. The topological polar surface area (TPSA) is 106 Å². The molecule has 46 heavy (non-hydrogen) atoms. The first-order chi connectivity index (χ1) is 22.1. The SMILES string of the molecule is CC.CC(C)N(C(=O)c1cc(F)ccc1Oc1nncnc1N1CC2(CC(Oc3ccnc4c3CNCC4)C2)C1)C1CC(F)(F)C1. The van der Waals surface area contributed by atoms with Crippen LogP contribution in [0.3, 0.4) is 0 Å². The number of fused-ring (bicyclic) bond motifs is 1. The van der Waals surface area contributed by atoms with E-state index in [2.05, 4.69) is 25.5 Å². The summed E-state index contributed by atoms with van der Waals surface area (Å²) in [5.74, 6) is -2.53. The van der Waals surface area contributed by atoms with Gasteiger partial charge in [0, 0.05) is 80.4 Å². The highest BCUT2D eigenvalue weighted by Gasteiger charge is 2.55. The molecular formula is C33H40F3N7O3. The van der Waals surface area contributed by atoms with Crippen LogP contribution in [0.2, 0.25) is 0 Å². The molecule has 4 heterocycles. The number of benzene rings is 1. The lowest BCUT2D eigenvalue weighted by Crippen LogP contribution is -2.65. The highest BCUT2D eigenvalue weighted by molar-refractivity contribution is 5.97. The molecule has 0 radical (unpaired) electrons. The Balaban J connectivity index is 0.00000182. The fourth-order valence-corrected chi connectivity index (χ4v) is 6.98. The molecule has 2 aliphatic heterocycles. The zero-order valence-corrected chi connectivity index (χ0v) is 26.6. The maximum Gasteiger partial charge on any atom is 0.282 e. The number of alkyl halides is 2. The standard InChI is InChI=1S/C31H34F3N7O3.C2H6/c1-18(2)41(20-10-31(33,34)11-20)29(42)22-9-19(32)3-4-25(22)44-28-27(37-17-38-39-28)40-15-30(16-40)12-21(13-30)43-26-6-8-36-24-5-7-35-14-23(24)26;1-2/h3-4,6,8-9,17-18,20-21,35H,5,7,10-16H2,1-2H3;1-2H3. The number of aromatic nitrogens is 4. The molecule has 7 rings (SSSR count). The van der Waals surface area contributed by atoms with E-state index < -0.39 is 36.5 Å². The maximum absolute atomic E-state index is 14.4. The van der Waals surface area contributed by atoms with E-state index in [1.807, 2.05) is 31.0 Å². The zero-order valence-electron chi connectivity index (χ0n) is 26.6. The molecule has 1 saturated heterocycles. The van der Waals surface area contributed by atoms with Crippen LogP contribution >= 0.6 is 0 Å². The molecule has 0 unspecified atom stereocenters. The van der Waals surface area contributed by atoms with Gasteiger partial charge in [0.25, 0.3) is 17.7 Å². The molecule has 4 aliphatic rings. The van der Waals surface area contributed by atoms with Crippen LogP contribution in [0, 0.1) is 11.2 Å². The molecule has 2 aliphatic carbocycles. The third-order valence-corrected chi connectivity index (χ3v) is 9.11. The van der Waals surface area contributed by atoms with Gasteiger partial charge in [0.2, 0.25) is 0 Å². The Labute approximate surface area is 266 Å². The first kappa shape index (κ1) is 32.0. The number of halogens is 3. The average Bonchev–Trinajstić information content (AvgIpc) is 2.99. The summed E-state index contributed by atoms with van der Waals surface area (Å²) in [5.41, 5.74) is 2.27. The van der Waals surface area contributed by atoms with E-state index in [0.29, 0.717) is 5.82 Å². The van der Waals surface area contributed by atoms with Gasteiger partial charge in [-0.2, -0.15) is 0 Å². The predicted octanol–water partition coefficient (Wildman–Crippen LogP) is 5.57. The number of nitrogens with zero attached hydrogens (tertiary/aromatic N) is 6. The molecule has 1 amide bonds. The van der Waals surface area contributed by atoms with Crippen LogP contribution in [-0.4, -0.2) is 74.7 Å². The van der Waals surface area contributed by atoms with Gasteiger partial charge >= 0.3 is 0 Å². The molecule has 1 N–H and O–H groups in total. The van der Waals surface area contributed by atoms with Crippen LogP contribution in [-0.2, 0) is 13.0 Å². The van der Waals surface area contributed by atoms with Crippen LogP contribution in [0.25, 0.3) is 0 Å².